The van der Waals surface area contributed by atoms with Crippen LogP contribution in [0.2, 0.25) is 0 Å². The van der Waals surface area contributed by atoms with Crippen molar-refractivity contribution < 1.29 is 4.79 Å². The highest BCUT2D eigenvalue weighted by Gasteiger charge is 2.17. The van der Waals surface area contributed by atoms with Crippen molar-refractivity contribution in [2.75, 3.05) is 19.6 Å². The molecule has 4 heteroatoms. The first-order chi connectivity index (χ1) is 9.81. The molecule has 1 amide bonds. The Kier molecular flexibility index (Phi) is 6.02. The van der Waals surface area contributed by atoms with Crippen LogP contribution in [0.25, 0.3) is 0 Å². The Balaban J connectivity index is 1.85. The summed E-state index contributed by atoms with van der Waals surface area (Å²) < 4.78 is 0. The Morgan fingerprint density at radius 1 is 1.35 bits per heavy atom. The van der Waals surface area contributed by atoms with E-state index in [1.807, 2.05) is 0 Å². The molecule has 1 aliphatic rings. The highest BCUT2D eigenvalue weighted by atomic mass is 16.1. The molecule has 1 aliphatic heterocycles. The van der Waals surface area contributed by atoms with Crippen molar-refractivity contribution in [3.63, 3.8) is 0 Å². The van der Waals surface area contributed by atoms with Gasteiger partial charge in [0, 0.05) is 32.1 Å². The Morgan fingerprint density at radius 3 is 3.05 bits per heavy atom. The standard InChI is InChI=1S/C16H25N3O/c1-2-9-19-16(20)8-11-18-15-7-10-17-12-13-5-3-4-6-14(13)15/h3-6,15,17-18H,2,7-12H2,1H3,(H,19,20). The van der Waals surface area contributed by atoms with E-state index in [4.69, 9.17) is 0 Å². The van der Waals surface area contributed by atoms with Crippen LogP contribution in [-0.4, -0.2) is 25.5 Å². The Hall–Kier alpha value is -1.39. The van der Waals surface area contributed by atoms with E-state index in [9.17, 15) is 4.79 Å². The smallest absolute Gasteiger partial charge is 0.221 e. The van der Waals surface area contributed by atoms with Crippen molar-refractivity contribution in [2.45, 2.75) is 38.8 Å². The van der Waals surface area contributed by atoms with Crippen LogP contribution < -0.4 is 16.0 Å². The highest BCUT2D eigenvalue weighted by Crippen LogP contribution is 2.23. The van der Waals surface area contributed by atoms with Gasteiger partial charge in [0.15, 0.2) is 0 Å². The summed E-state index contributed by atoms with van der Waals surface area (Å²) >= 11 is 0. The number of rotatable bonds is 6. The molecule has 0 saturated carbocycles. The van der Waals surface area contributed by atoms with E-state index in [2.05, 4.69) is 47.1 Å². The minimum atomic E-state index is 0.138. The monoisotopic (exact) mass is 275 g/mol. The number of carbonyl (C=O) groups is 1. The summed E-state index contributed by atoms with van der Waals surface area (Å²) in [5.74, 6) is 0.138. The molecule has 0 aromatic heterocycles. The van der Waals surface area contributed by atoms with E-state index >= 15 is 0 Å². The maximum Gasteiger partial charge on any atom is 0.221 e. The normalized spacial score (nSPS) is 18.1. The van der Waals surface area contributed by atoms with Crippen LogP contribution in [0.15, 0.2) is 24.3 Å². The number of amides is 1. The van der Waals surface area contributed by atoms with Crippen LogP contribution in [0.1, 0.15) is 43.4 Å². The number of benzene rings is 1. The van der Waals surface area contributed by atoms with Crippen molar-refractivity contribution >= 4 is 5.91 Å². The lowest BCUT2D eigenvalue weighted by Crippen LogP contribution is -2.30. The third kappa shape index (κ3) is 4.32. The lowest BCUT2D eigenvalue weighted by atomic mass is 9.99. The quantitative estimate of drug-likeness (QED) is 0.741. The van der Waals surface area contributed by atoms with Crippen LogP contribution in [0.5, 0.6) is 0 Å². The summed E-state index contributed by atoms with van der Waals surface area (Å²) in [5, 5.41) is 9.88. The zero-order valence-corrected chi connectivity index (χ0v) is 12.2. The third-order valence-electron chi connectivity index (χ3n) is 3.67. The van der Waals surface area contributed by atoms with Gasteiger partial charge in [-0.3, -0.25) is 4.79 Å². The molecular weight excluding hydrogens is 250 g/mol. The molecule has 1 unspecified atom stereocenters. The fourth-order valence-electron chi connectivity index (χ4n) is 2.58. The molecule has 1 atom stereocenters. The zero-order valence-electron chi connectivity index (χ0n) is 12.2. The summed E-state index contributed by atoms with van der Waals surface area (Å²) in [4.78, 5) is 11.6. The van der Waals surface area contributed by atoms with Gasteiger partial charge in [0.1, 0.15) is 0 Å². The fraction of sp³-hybridized carbons (Fsp3) is 0.562. The Labute approximate surface area is 121 Å². The first kappa shape index (κ1) is 15.0. The van der Waals surface area contributed by atoms with E-state index < -0.39 is 0 Å². The predicted molar refractivity (Wildman–Crippen MR) is 81.4 cm³/mol. The van der Waals surface area contributed by atoms with E-state index in [-0.39, 0.29) is 5.91 Å². The Morgan fingerprint density at radius 2 is 2.20 bits per heavy atom. The van der Waals surface area contributed by atoms with Gasteiger partial charge in [0.05, 0.1) is 0 Å². The lowest BCUT2D eigenvalue weighted by Gasteiger charge is -2.19. The number of nitrogens with one attached hydrogen (secondary N) is 3. The average molecular weight is 275 g/mol. The van der Waals surface area contributed by atoms with Gasteiger partial charge in [0.2, 0.25) is 5.91 Å². The van der Waals surface area contributed by atoms with Gasteiger partial charge in [-0.15, -0.1) is 0 Å². The maximum absolute atomic E-state index is 11.6. The topological polar surface area (TPSA) is 53.2 Å². The molecule has 0 radical (unpaired) electrons. The highest BCUT2D eigenvalue weighted by molar-refractivity contribution is 5.75. The maximum atomic E-state index is 11.6. The van der Waals surface area contributed by atoms with Crippen molar-refractivity contribution in [1.29, 1.82) is 0 Å². The van der Waals surface area contributed by atoms with Gasteiger partial charge < -0.3 is 16.0 Å². The second-order valence-electron chi connectivity index (χ2n) is 5.27. The van der Waals surface area contributed by atoms with Crippen LogP contribution in [0, 0.1) is 0 Å². The van der Waals surface area contributed by atoms with E-state index in [1.54, 1.807) is 0 Å². The van der Waals surface area contributed by atoms with E-state index in [0.29, 0.717) is 12.5 Å². The van der Waals surface area contributed by atoms with Gasteiger partial charge in [0.25, 0.3) is 0 Å². The SMILES string of the molecule is CCCNC(=O)CCNC1CCNCc2ccccc21. The fourth-order valence-corrected chi connectivity index (χ4v) is 2.58. The van der Waals surface area contributed by atoms with Gasteiger partial charge in [-0.1, -0.05) is 31.2 Å². The largest absolute Gasteiger partial charge is 0.356 e. The molecule has 0 saturated heterocycles. The molecule has 4 nitrogen and oxygen atoms in total. The first-order valence-electron chi connectivity index (χ1n) is 7.60. The summed E-state index contributed by atoms with van der Waals surface area (Å²) in [6.45, 7) is 5.51. The second kappa shape index (κ2) is 8.02. The number of hydrogen-bond donors (Lipinski definition) is 3. The van der Waals surface area contributed by atoms with Gasteiger partial charge in [-0.25, -0.2) is 0 Å². The number of hydrogen-bond acceptors (Lipinski definition) is 3. The lowest BCUT2D eigenvalue weighted by molar-refractivity contribution is -0.121. The van der Waals surface area contributed by atoms with Crippen LogP contribution in [0.4, 0.5) is 0 Å². The van der Waals surface area contributed by atoms with Crippen LogP contribution in [0.3, 0.4) is 0 Å². The molecule has 20 heavy (non-hydrogen) atoms. The number of fused-ring (bicyclic) bond motifs is 1. The third-order valence-corrected chi connectivity index (χ3v) is 3.67. The van der Waals surface area contributed by atoms with Crippen molar-refractivity contribution in [3.05, 3.63) is 35.4 Å². The van der Waals surface area contributed by atoms with Crippen LogP contribution >= 0.6 is 0 Å². The summed E-state index contributed by atoms with van der Waals surface area (Å²) in [7, 11) is 0. The first-order valence-corrected chi connectivity index (χ1v) is 7.60. The summed E-state index contributed by atoms with van der Waals surface area (Å²) in [6.07, 6.45) is 2.60. The zero-order chi connectivity index (χ0) is 14.2. The average Bonchev–Trinajstić information content (AvgIpc) is 2.68. The van der Waals surface area contributed by atoms with Crippen molar-refractivity contribution in [1.82, 2.24) is 16.0 Å². The number of carbonyl (C=O) groups excluding carboxylic acids is 1. The molecule has 1 aromatic carbocycles. The Bertz CT molecular complexity index is 433. The molecular formula is C16H25N3O. The van der Waals surface area contributed by atoms with E-state index in [0.717, 1.165) is 39.0 Å². The molecule has 0 spiro atoms. The minimum absolute atomic E-state index is 0.138. The molecule has 1 heterocycles. The molecule has 2 rings (SSSR count). The molecule has 1 aromatic rings. The molecule has 0 bridgehead atoms. The van der Waals surface area contributed by atoms with Crippen LogP contribution in [-0.2, 0) is 11.3 Å². The second-order valence-corrected chi connectivity index (χ2v) is 5.27. The molecule has 0 fully saturated rings. The predicted octanol–water partition coefficient (Wildman–Crippen LogP) is 1.73. The molecule has 110 valence electrons. The molecule has 3 N–H and O–H groups in total. The van der Waals surface area contributed by atoms with Gasteiger partial charge >= 0.3 is 0 Å². The molecule has 0 aliphatic carbocycles. The van der Waals surface area contributed by atoms with Gasteiger partial charge in [-0.2, -0.15) is 0 Å². The minimum Gasteiger partial charge on any atom is -0.356 e. The van der Waals surface area contributed by atoms with Crippen molar-refractivity contribution in [3.8, 4) is 0 Å². The van der Waals surface area contributed by atoms with Gasteiger partial charge in [-0.05, 0) is 30.5 Å². The van der Waals surface area contributed by atoms with Crippen molar-refractivity contribution in [2.24, 2.45) is 0 Å². The summed E-state index contributed by atoms with van der Waals surface area (Å²) in [5.41, 5.74) is 2.73. The van der Waals surface area contributed by atoms with E-state index in [1.165, 1.54) is 11.1 Å². The summed E-state index contributed by atoms with van der Waals surface area (Å²) in [6, 6.07) is 8.89.